The van der Waals surface area contributed by atoms with Crippen molar-refractivity contribution in [2.24, 2.45) is 0 Å². The molecule has 0 aliphatic carbocycles. The van der Waals surface area contributed by atoms with E-state index in [1.165, 1.54) is 0 Å². The average molecular weight is 614 g/mol. The van der Waals surface area contributed by atoms with Crippen molar-refractivity contribution in [1.82, 2.24) is 4.57 Å². The van der Waals surface area contributed by atoms with Crippen molar-refractivity contribution in [2.45, 2.75) is 38.6 Å². The Balaban J connectivity index is 1.33. The lowest BCUT2D eigenvalue weighted by Crippen LogP contribution is -2.03. The van der Waals surface area contributed by atoms with Crippen molar-refractivity contribution in [3.05, 3.63) is 93.3 Å². The van der Waals surface area contributed by atoms with Gasteiger partial charge in [0.05, 0.1) is 29.7 Å². The lowest BCUT2D eigenvalue weighted by Gasteiger charge is -2.10. The van der Waals surface area contributed by atoms with E-state index in [1.807, 2.05) is 65.4 Å². The predicted octanol–water partition coefficient (Wildman–Crippen LogP) is 7.99. The molecular weight excluding hydrogens is 584 g/mol. The third kappa shape index (κ3) is 8.50. The highest BCUT2D eigenvalue weighted by Gasteiger charge is 2.14. The van der Waals surface area contributed by atoms with E-state index in [2.05, 4.69) is 0 Å². The molecule has 0 atom stereocenters. The normalized spacial score (nSPS) is 11.3. The van der Waals surface area contributed by atoms with Gasteiger partial charge in [-0.3, -0.25) is 9.59 Å². The molecule has 0 fully saturated rings. The van der Waals surface area contributed by atoms with Crippen LogP contribution >= 0.6 is 23.2 Å². The highest BCUT2D eigenvalue weighted by molar-refractivity contribution is 6.37. The molecule has 3 aromatic carbocycles. The molecule has 1 aromatic heterocycles. The Bertz CT molecular complexity index is 1560. The van der Waals surface area contributed by atoms with Crippen LogP contribution in [0.2, 0.25) is 10.0 Å². The molecule has 0 radical (unpaired) electrons. The molecule has 10 heteroatoms. The number of carbonyl (C=O) groups is 2. The van der Waals surface area contributed by atoms with Gasteiger partial charge in [-0.2, -0.15) is 0 Å². The summed E-state index contributed by atoms with van der Waals surface area (Å²) in [4.78, 5) is 22.5. The number of aromatic nitrogens is 1. The van der Waals surface area contributed by atoms with Crippen molar-refractivity contribution in [2.75, 3.05) is 13.2 Å². The molecule has 4 aromatic rings. The quantitative estimate of drug-likeness (QED) is 0.104. The van der Waals surface area contributed by atoms with E-state index in [9.17, 15) is 19.1 Å². The number of halogens is 3. The van der Waals surface area contributed by atoms with E-state index in [1.54, 1.807) is 0 Å². The maximum absolute atomic E-state index is 13.3. The number of hydrogen-bond donors (Lipinski definition) is 2. The molecule has 0 bridgehead atoms. The second-order valence-corrected chi connectivity index (χ2v) is 10.5. The molecule has 0 aliphatic heterocycles. The van der Waals surface area contributed by atoms with Crippen LogP contribution in [-0.2, 0) is 22.6 Å². The summed E-state index contributed by atoms with van der Waals surface area (Å²) in [7, 11) is 0. The molecule has 0 amide bonds. The lowest BCUT2D eigenvalue weighted by atomic mass is 10.0. The SMILES string of the molecule is O=C(O)CCCn1cc(CC(=O)O)c2c(C=Cc3ccc(OCCCCOc4c(Cl)cc(F)cc4Cl)cc3)cccc21. The molecule has 0 spiro atoms. The molecule has 0 unspecified atom stereocenters. The summed E-state index contributed by atoms with van der Waals surface area (Å²) in [6.45, 7) is 1.34. The van der Waals surface area contributed by atoms with Crippen molar-refractivity contribution in [3.8, 4) is 11.5 Å². The van der Waals surface area contributed by atoms with E-state index in [0.717, 1.165) is 46.3 Å². The first-order valence-corrected chi connectivity index (χ1v) is 14.2. The Morgan fingerprint density at radius 3 is 2.24 bits per heavy atom. The first kappa shape index (κ1) is 30.9. The molecule has 220 valence electrons. The third-order valence-electron chi connectivity index (χ3n) is 6.50. The Kier molecular flexibility index (Phi) is 10.9. The number of rotatable bonds is 15. The van der Waals surface area contributed by atoms with Crippen LogP contribution in [-0.4, -0.2) is 39.9 Å². The highest BCUT2D eigenvalue weighted by Crippen LogP contribution is 2.34. The van der Waals surface area contributed by atoms with E-state index >= 15 is 0 Å². The second kappa shape index (κ2) is 14.8. The number of hydrogen-bond acceptors (Lipinski definition) is 4. The zero-order valence-electron chi connectivity index (χ0n) is 22.7. The van der Waals surface area contributed by atoms with Crippen molar-refractivity contribution >= 4 is 58.2 Å². The number of aryl methyl sites for hydroxylation is 1. The summed E-state index contributed by atoms with van der Waals surface area (Å²) in [5, 5.41) is 19.5. The van der Waals surface area contributed by atoms with Gasteiger partial charge in [-0.05, 0) is 66.3 Å². The number of nitrogens with zero attached hydrogens (tertiary/aromatic N) is 1. The number of fused-ring (bicyclic) bond motifs is 1. The van der Waals surface area contributed by atoms with Gasteiger partial charge in [0.2, 0.25) is 0 Å². The van der Waals surface area contributed by atoms with Gasteiger partial charge in [0, 0.05) is 30.1 Å². The standard InChI is InChI=1S/C32H30Cl2FNO6/c33-26-18-24(35)19-27(34)32(26)42-16-2-1-15-41-25-12-9-21(10-13-25)8-11-22-5-3-6-28-31(22)23(17-30(39)40)20-36(28)14-4-7-29(37)38/h3,5-6,8-13,18-20H,1-2,4,7,14-17H2,(H,37,38)(H,39,40). The average Bonchev–Trinajstić information content (AvgIpc) is 3.28. The monoisotopic (exact) mass is 613 g/mol. The number of ether oxygens (including phenoxy) is 2. The highest BCUT2D eigenvalue weighted by atomic mass is 35.5. The Labute approximate surface area is 252 Å². The predicted molar refractivity (Wildman–Crippen MR) is 162 cm³/mol. The molecule has 4 rings (SSSR count). The fourth-order valence-corrected chi connectivity index (χ4v) is 5.16. The summed E-state index contributed by atoms with van der Waals surface area (Å²) in [5.74, 6) is -1.31. The van der Waals surface area contributed by atoms with Crippen LogP contribution in [0.3, 0.4) is 0 Å². The molecule has 2 N–H and O–H groups in total. The molecule has 42 heavy (non-hydrogen) atoms. The van der Waals surface area contributed by atoms with Gasteiger partial charge in [0.25, 0.3) is 0 Å². The number of aliphatic carboxylic acids is 2. The van der Waals surface area contributed by atoms with Crippen LogP contribution in [0, 0.1) is 5.82 Å². The molecule has 0 saturated carbocycles. The number of carboxylic acids is 2. The minimum Gasteiger partial charge on any atom is -0.494 e. The number of unbranched alkanes of at least 4 members (excludes halogenated alkanes) is 1. The van der Waals surface area contributed by atoms with Gasteiger partial charge in [-0.1, -0.05) is 59.6 Å². The van der Waals surface area contributed by atoms with E-state index in [-0.39, 0.29) is 28.6 Å². The zero-order chi connectivity index (χ0) is 30.1. The van der Waals surface area contributed by atoms with Gasteiger partial charge in [0.15, 0.2) is 5.75 Å². The smallest absolute Gasteiger partial charge is 0.307 e. The summed E-state index contributed by atoms with van der Waals surface area (Å²) in [6.07, 6.45) is 7.51. The van der Waals surface area contributed by atoms with Crippen LogP contribution in [0.25, 0.3) is 23.1 Å². The first-order valence-electron chi connectivity index (χ1n) is 13.4. The molecule has 0 saturated heterocycles. The van der Waals surface area contributed by atoms with Crippen molar-refractivity contribution in [3.63, 3.8) is 0 Å². The van der Waals surface area contributed by atoms with Crippen molar-refractivity contribution < 1.29 is 33.7 Å². The van der Waals surface area contributed by atoms with Gasteiger partial charge in [0.1, 0.15) is 11.6 Å². The Morgan fingerprint density at radius 2 is 1.57 bits per heavy atom. The maximum atomic E-state index is 13.3. The summed E-state index contributed by atoms with van der Waals surface area (Å²) in [5.41, 5.74) is 3.39. The Morgan fingerprint density at radius 1 is 0.881 bits per heavy atom. The molecule has 7 nitrogen and oxygen atoms in total. The zero-order valence-corrected chi connectivity index (χ0v) is 24.2. The van der Waals surface area contributed by atoms with E-state index in [4.69, 9.17) is 37.8 Å². The van der Waals surface area contributed by atoms with Crippen LogP contribution < -0.4 is 9.47 Å². The van der Waals surface area contributed by atoms with Crippen LogP contribution in [0.5, 0.6) is 11.5 Å². The van der Waals surface area contributed by atoms with Gasteiger partial charge >= 0.3 is 11.9 Å². The minimum absolute atomic E-state index is 0.0455. The van der Waals surface area contributed by atoms with Gasteiger partial charge < -0.3 is 24.3 Å². The molecule has 1 heterocycles. The van der Waals surface area contributed by atoms with Crippen LogP contribution in [0.4, 0.5) is 4.39 Å². The van der Waals surface area contributed by atoms with Gasteiger partial charge in [-0.25, -0.2) is 4.39 Å². The topological polar surface area (TPSA) is 98.0 Å². The van der Waals surface area contributed by atoms with Crippen LogP contribution in [0.15, 0.2) is 60.8 Å². The van der Waals surface area contributed by atoms with Crippen molar-refractivity contribution in [1.29, 1.82) is 0 Å². The van der Waals surface area contributed by atoms with E-state index < -0.39 is 17.8 Å². The number of carboxylic acid groups (broad SMARTS) is 2. The third-order valence-corrected chi connectivity index (χ3v) is 7.06. The maximum Gasteiger partial charge on any atom is 0.307 e. The lowest BCUT2D eigenvalue weighted by molar-refractivity contribution is -0.137. The van der Waals surface area contributed by atoms with Crippen LogP contribution in [0.1, 0.15) is 42.4 Å². The largest absolute Gasteiger partial charge is 0.494 e. The first-order chi connectivity index (χ1) is 20.2. The van der Waals surface area contributed by atoms with Gasteiger partial charge in [-0.15, -0.1) is 0 Å². The number of benzene rings is 3. The fourth-order valence-electron chi connectivity index (χ4n) is 4.59. The van der Waals surface area contributed by atoms with E-state index in [0.29, 0.717) is 38.2 Å². The minimum atomic E-state index is -0.928. The molecular formula is C32H30Cl2FNO6. The second-order valence-electron chi connectivity index (χ2n) is 9.66. The summed E-state index contributed by atoms with van der Waals surface area (Å²) >= 11 is 12.0. The summed E-state index contributed by atoms with van der Waals surface area (Å²) < 4.78 is 26.6. The summed E-state index contributed by atoms with van der Waals surface area (Å²) in [6, 6.07) is 15.7. The molecule has 0 aliphatic rings. The fraction of sp³-hybridized carbons (Fsp3) is 0.250. The Hall–Kier alpha value is -4.01.